The van der Waals surface area contributed by atoms with E-state index in [1.54, 1.807) is 38.1 Å². The highest BCUT2D eigenvalue weighted by molar-refractivity contribution is 5.94. The highest BCUT2D eigenvalue weighted by Crippen LogP contribution is 2.41. The normalized spacial score (nSPS) is 11.3. The van der Waals surface area contributed by atoms with Crippen molar-refractivity contribution in [1.29, 1.82) is 0 Å². The van der Waals surface area contributed by atoms with Crippen LogP contribution >= 0.6 is 0 Å². The number of carbonyl (C=O) groups is 1. The molecule has 0 aliphatic heterocycles. The number of pyridine rings is 1. The number of alkyl halides is 3. The van der Waals surface area contributed by atoms with Crippen LogP contribution in [0.1, 0.15) is 12.6 Å². The molecule has 0 radical (unpaired) electrons. The number of benzene rings is 3. The number of ether oxygens (including phenoxy) is 5. The average molecular weight is 545 g/mol. The molecule has 0 aliphatic rings. The van der Waals surface area contributed by atoms with E-state index in [2.05, 4.69) is 9.72 Å². The van der Waals surface area contributed by atoms with Crippen LogP contribution in [-0.4, -0.2) is 38.0 Å². The molecule has 0 saturated heterocycles. The highest BCUT2D eigenvalue weighted by atomic mass is 19.4. The van der Waals surface area contributed by atoms with E-state index in [0.29, 0.717) is 33.3 Å². The Labute approximate surface area is 220 Å². The average Bonchev–Trinajstić information content (AvgIpc) is 2.88. The third kappa shape index (κ3) is 6.49. The molecular formula is C28H23F4NO6. The van der Waals surface area contributed by atoms with Gasteiger partial charge in [-0.1, -0.05) is 36.4 Å². The summed E-state index contributed by atoms with van der Waals surface area (Å²) in [6, 6.07) is 15.2. The lowest BCUT2D eigenvalue weighted by Gasteiger charge is -2.17. The number of hydrogen-bond donors (Lipinski definition) is 0. The molecule has 0 aliphatic carbocycles. The SMILES string of the molecule is CCOC(=O)OCOc1c(-c2ccc(-c3ccc(OC(F)(F)F)cc3)cc2)c(C)nc2cc(OC)c(F)cc12. The van der Waals surface area contributed by atoms with Gasteiger partial charge in [0, 0.05) is 22.7 Å². The summed E-state index contributed by atoms with van der Waals surface area (Å²) in [5, 5.41) is 0.325. The fourth-order valence-corrected chi connectivity index (χ4v) is 3.97. The highest BCUT2D eigenvalue weighted by Gasteiger charge is 2.31. The van der Waals surface area contributed by atoms with Gasteiger partial charge < -0.3 is 23.7 Å². The smallest absolute Gasteiger partial charge is 0.494 e. The van der Waals surface area contributed by atoms with Gasteiger partial charge in [-0.15, -0.1) is 13.2 Å². The molecule has 39 heavy (non-hydrogen) atoms. The summed E-state index contributed by atoms with van der Waals surface area (Å²) in [6.45, 7) is 3.00. The molecule has 11 heteroatoms. The summed E-state index contributed by atoms with van der Waals surface area (Å²) in [6.07, 6.45) is -5.69. The van der Waals surface area contributed by atoms with Crippen molar-refractivity contribution in [2.24, 2.45) is 0 Å². The monoisotopic (exact) mass is 545 g/mol. The quantitative estimate of drug-likeness (QED) is 0.129. The Kier molecular flexibility index (Phi) is 8.08. The Hall–Kier alpha value is -4.54. The van der Waals surface area contributed by atoms with Gasteiger partial charge in [0.1, 0.15) is 11.5 Å². The van der Waals surface area contributed by atoms with Crippen molar-refractivity contribution in [3.8, 4) is 39.5 Å². The zero-order valence-corrected chi connectivity index (χ0v) is 21.1. The zero-order chi connectivity index (χ0) is 28.2. The van der Waals surface area contributed by atoms with Gasteiger partial charge in [0.05, 0.1) is 19.2 Å². The van der Waals surface area contributed by atoms with Crippen LogP contribution < -0.4 is 14.2 Å². The Bertz CT molecular complexity index is 1470. The van der Waals surface area contributed by atoms with Crippen molar-refractivity contribution >= 4 is 17.1 Å². The van der Waals surface area contributed by atoms with Crippen LogP contribution in [0, 0.1) is 12.7 Å². The van der Waals surface area contributed by atoms with Gasteiger partial charge in [-0.2, -0.15) is 0 Å². The first kappa shape index (κ1) is 27.5. The van der Waals surface area contributed by atoms with E-state index in [1.165, 1.54) is 43.5 Å². The van der Waals surface area contributed by atoms with Crippen molar-refractivity contribution in [3.05, 3.63) is 72.2 Å². The maximum atomic E-state index is 14.7. The van der Waals surface area contributed by atoms with Gasteiger partial charge in [0.2, 0.25) is 6.79 Å². The zero-order valence-electron chi connectivity index (χ0n) is 21.1. The number of hydrogen-bond acceptors (Lipinski definition) is 7. The molecule has 0 unspecified atom stereocenters. The fourth-order valence-electron chi connectivity index (χ4n) is 3.97. The summed E-state index contributed by atoms with van der Waals surface area (Å²) in [5.74, 6) is -0.723. The molecule has 0 atom stereocenters. The van der Waals surface area contributed by atoms with Crippen LogP contribution in [-0.2, 0) is 9.47 Å². The fraction of sp³-hybridized carbons (Fsp3) is 0.214. The molecule has 4 rings (SSSR count). The lowest BCUT2D eigenvalue weighted by Crippen LogP contribution is -2.16. The van der Waals surface area contributed by atoms with E-state index in [4.69, 9.17) is 18.9 Å². The molecule has 0 bridgehead atoms. The lowest BCUT2D eigenvalue weighted by molar-refractivity contribution is -0.274. The third-order valence-corrected chi connectivity index (χ3v) is 5.63. The number of rotatable bonds is 8. The maximum absolute atomic E-state index is 14.7. The number of halogens is 4. The maximum Gasteiger partial charge on any atom is 0.573 e. The summed E-state index contributed by atoms with van der Waals surface area (Å²) in [4.78, 5) is 16.2. The van der Waals surface area contributed by atoms with Gasteiger partial charge in [0.15, 0.2) is 11.6 Å². The second-order valence-corrected chi connectivity index (χ2v) is 8.14. The van der Waals surface area contributed by atoms with E-state index in [0.717, 1.165) is 5.56 Å². The summed E-state index contributed by atoms with van der Waals surface area (Å²) in [7, 11) is 1.34. The van der Waals surface area contributed by atoms with E-state index in [1.807, 2.05) is 0 Å². The number of carbonyl (C=O) groups excluding carboxylic acids is 1. The van der Waals surface area contributed by atoms with Gasteiger partial charge in [-0.3, -0.25) is 4.98 Å². The first-order chi connectivity index (χ1) is 18.6. The minimum Gasteiger partial charge on any atom is -0.494 e. The van der Waals surface area contributed by atoms with Gasteiger partial charge in [-0.05, 0) is 48.7 Å². The molecule has 0 saturated carbocycles. The van der Waals surface area contributed by atoms with Gasteiger partial charge >= 0.3 is 12.5 Å². The Morgan fingerprint density at radius 1 is 0.923 bits per heavy atom. The topological polar surface area (TPSA) is 76.1 Å². The second-order valence-electron chi connectivity index (χ2n) is 8.14. The minimum absolute atomic E-state index is 0.00637. The van der Waals surface area contributed by atoms with Crippen LogP contribution in [0.25, 0.3) is 33.2 Å². The predicted octanol–water partition coefficient (Wildman–Crippen LogP) is 7.43. The molecule has 0 N–H and O–H groups in total. The van der Waals surface area contributed by atoms with Crippen LogP contribution in [0.4, 0.5) is 22.4 Å². The molecule has 4 aromatic rings. The predicted molar refractivity (Wildman–Crippen MR) is 134 cm³/mol. The van der Waals surface area contributed by atoms with Crippen molar-refractivity contribution < 1.29 is 46.0 Å². The van der Waals surface area contributed by atoms with Crippen molar-refractivity contribution in [3.63, 3.8) is 0 Å². The largest absolute Gasteiger partial charge is 0.573 e. The standard InChI is InChI=1S/C28H23F4NO6/c1-4-36-27(34)38-15-37-26-21-13-22(29)24(35-3)14-23(21)33-16(2)25(26)19-7-5-17(6-8-19)18-9-11-20(12-10-18)39-28(30,31)32/h5-14H,4,15H2,1-3H3. The lowest BCUT2D eigenvalue weighted by atomic mass is 9.97. The van der Waals surface area contributed by atoms with Gasteiger partial charge in [0.25, 0.3) is 0 Å². The molecule has 1 heterocycles. The van der Waals surface area contributed by atoms with Crippen molar-refractivity contribution in [2.45, 2.75) is 20.2 Å². The number of fused-ring (bicyclic) bond motifs is 1. The van der Waals surface area contributed by atoms with Crippen LogP contribution in [0.2, 0.25) is 0 Å². The minimum atomic E-state index is -4.77. The first-order valence-electron chi connectivity index (χ1n) is 11.7. The second kappa shape index (κ2) is 11.5. The first-order valence-corrected chi connectivity index (χ1v) is 11.7. The third-order valence-electron chi connectivity index (χ3n) is 5.63. The molecule has 1 aromatic heterocycles. The Balaban J connectivity index is 1.71. The summed E-state index contributed by atoms with van der Waals surface area (Å²) in [5.41, 5.74) is 3.53. The molecule has 7 nitrogen and oxygen atoms in total. The number of nitrogens with zero attached hydrogens (tertiary/aromatic N) is 1. The molecule has 0 fully saturated rings. The summed E-state index contributed by atoms with van der Waals surface area (Å²) >= 11 is 0. The van der Waals surface area contributed by atoms with Crippen LogP contribution in [0.5, 0.6) is 17.2 Å². The van der Waals surface area contributed by atoms with Gasteiger partial charge in [-0.25, -0.2) is 9.18 Å². The number of aryl methyl sites for hydroxylation is 1. The molecule has 3 aromatic carbocycles. The number of methoxy groups -OCH3 is 1. The van der Waals surface area contributed by atoms with E-state index in [9.17, 15) is 22.4 Å². The van der Waals surface area contributed by atoms with Crippen molar-refractivity contribution in [2.75, 3.05) is 20.5 Å². The molecule has 204 valence electrons. The van der Waals surface area contributed by atoms with E-state index in [-0.39, 0.29) is 23.9 Å². The number of aromatic nitrogens is 1. The molecule has 0 amide bonds. The van der Waals surface area contributed by atoms with Crippen LogP contribution in [0.15, 0.2) is 60.7 Å². The molecular weight excluding hydrogens is 522 g/mol. The molecule has 0 spiro atoms. The van der Waals surface area contributed by atoms with E-state index >= 15 is 0 Å². The van der Waals surface area contributed by atoms with Crippen LogP contribution in [0.3, 0.4) is 0 Å². The van der Waals surface area contributed by atoms with E-state index < -0.39 is 25.1 Å². The Morgan fingerprint density at radius 2 is 1.54 bits per heavy atom. The Morgan fingerprint density at radius 3 is 2.13 bits per heavy atom. The van der Waals surface area contributed by atoms with Crippen molar-refractivity contribution in [1.82, 2.24) is 4.98 Å². The summed E-state index contributed by atoms with van der Waals surface area (Å²) < 4.78 is 76.5.